The summed E-state index contributed by atoms with van der Waals surface area (Å²) in [5.74, 6) is -0.820. The normalized spacial score (nSPS) is 12.1. The van der Waals surface area contributed by atoms with Crippen molar-refractivity contribution in [1.29, 1.82) is 0 Å². The molecular formula is C13H26N2O3. The van der Waals surface area contributed by atoms with Gasteiger partial charge in [-0.15, -0.1) is 0 Å². The van der Waals surface area contributed by atoms with Crippen LogP contribution in [0.4, 0.5) is 0 Å². The Bertz CT molecular complexity index is 244. The van der Waals surface area contributed by atoms with Crippen LogP contribution in [0.3, 0.4) is 0 Å². The van der Waals surface area contributed by atoms with Gasteiger partial charge in [0.25, 0.3) is 0 Å². The highest BCUT2D eigenvalue weighted by atomic mass is 16.4. The summed E-state index contributed by atoms with van der Waals surface area (Å²) in [6, 6.07) is -0.392. The van der Waals surface area contributed by atoms with Crippen molar-refractivity contribution >= 4 is 11.9 Å². The predicted molar refractivity (Wildman–Crippen MR) is 71.2 cm³/mol. The van der Waals surface area contributed by atoms with E-state index in [0.29, 0.717) is 13.0 Å². The minimum atomic E-state index is -0.745. The van der Waals surface area contributed by atoms with Crippen molar-refractivity contribution in [2.45, 2.75) is 64.3 Å². The zero-order valence-electron chi connectivity index (χ0n) is 11.3. The lowest BCUT2D eigenvalue weighted by Gasteiger charge is -2.11. The lowest BCUT2D eigenvalue weighted by molar-refractivity contribution is -0.137. The first-order valence-electron chi connectivity index (χ1n) is 6.83. The molecule has 1 amide bonds. The van der Waals surface area contributed by atoms with Gasteiger partial charge in [0.1, 0.15) is 0 Å². The number of carbonyl (C=O) groups is 2. The molecule has 0 radical (unpaired) electrons. The molecule has 0 aliphatic heterocycles. The standard InChI is InChI=1S/C13H26N2O3/c1-2-3-8-11(14)13(18)15-10-7-5-4-6-9-12(16)17/h11H,2-10,14H2,1H3,(H,15,18)(H,16,17)/t11-/m0/s1. The molecule has 5 nitrogen and oxygen atoms in total. The van der Waals surface area contributed by atoms with Gasteiger partial charge >= 0.3 is 5.97 Å². The minimum Gasteiger partial charge on any atom is -0.481 e. The summed E-state index contributed by atoms with van der Waals surface area (Å²) in [5.41, 5.74) is 5.72. The Morgan fingerprint density at radius 2 is 1.83 bits per heavy atom. The molecule has 0 aromatic carbocycles. The monoisotopic (exact) mass is 258 g/mol. The summed E-state index contributed by atoms with van der Waals surface area (Å²) in [6.45, 7) is 2.70. The lowest BCUT2D eigenvalue weighted by Crippen LogP contribution is -2.40. The topological polar surface area (TPSA) is 92.4 Å². The van der Waals surface area contributed by atoms with Crippen LogP contribution in [0.15, 0.2) is 0 Å². The molecule has 0 aliphatic rings. The van der Waals surface area contributed by atoms with Crippen LogP contribution < -0.4 is 11.1 Å². The maximum atomic E-state index is 11.5. The van der Waals surface area contributed by atoms with E-state index in [2.05, 4.69) is 12.2 Å². The van der Waals surface area contributed by atoms with Gasteiger partial charge in [0.05, 0.1) is 6.04 Å². The van der Waals surface area contributed by atoms with Crippen LogP contribution >= 0.6 is 0 Å². The molecule has 0 aromatic rings. The van der Waals surface area contributed by atoms with E-state index in [1.165, 1.54) is 0 Å². The quantitative estimate of drug-likeness (QED) is 0.491. The van der Waals surface area contributed by atoms with Crippen molar-refractivity contribution in [2.75, 3.05) is 6.54 Å². The molecule has 4 N–H and O–H groups in total. The number of nitrogens with two attached hydrogens (primary N) is 1. The van der Waals surface area contributed by atoms with Gasteiger partial charge in [0.2, 0.25) is 5.91 Å². The van der Waals surface area contributed by atoms with Crippen LogP contribution in [0.2, 0.25) is 0 Å². The Labute approximate surface area is 109 Å². The molecule has 5 heteroatoms. The van der Waals surface area contributed by atoms with Gasteiger partial charge in [0, 0.05) is 13.0 Å². The van der Waals surface area contributed by atoms with Crippen LogP contribution in [0.5, 0.6) is 0 Å². The SMILES string of the molecule is CCCC[C@H](N)C(=O)NCCCCCCC(=O)O. The zero-order chi connectivity index (χ0) is 13.8. The van der Waals surface area contributed by atoms with Crippen molar-refractivity contribution in [2.24, 2.45) is 5.73 Å². The van der Waals surface area contributed by atoms with Crippen LogP contribution in [-0.2, 0) is 9.59 Å². The third-order valence-electron chi connectivity index (χ3n) is 2.82. The summed E-state index contributed by atoms with van der Waals surface area (Å²) in [6.07, 6.45) is 6.41. The number of amides is 1. The molecule has 18 heavy (non-hydrogen) atoms. The van der Waals surface area contributed by atoms with Crippen LogP contribution in [-0.4, -0.2) is 29.6 Å². The molecule has 0 unspecified atom stereocenters. The van der Waals surface area contributed by atoms with Gasteiger partial charge in [0.15, 0.2) is 0 Å². The maximum Gasteiger partial charge on any atom is 0.303 e. The van der Waals surface area contributed by atoms with E-state index in [9.17, 15) is 9.59 Å². The molecule has 0 fully saturated rings. The maximum absolute atomic E-state index is 11.5. The number of hydrogen-bond acceptors (Lipinski definition) is 3. The zero-order valence-corrected chi connectivity index (χ0v) is 11.3. The van der Waals surface area contributed by atoms with Crippen molar-refractivity contribution in [3.8, 4) is 0 Å². The number of aliphatic carboxylic acids is 1. The summed E-state index contributed by atoms with van der Waals surface area (Å²) in [4.78, 5) is 21.8. The number of carbonyl (C=O) groups excluding carboxylic acids is 1. The van der Waals surface area contributed by atoms with Gasteiger partial charge in [-0.05, 0) is 19.3 Å². The van der Waals surface area contributed by atoms with E-state index >= 15 is 0 Å². The van der Waals surface area contributed by atoms with Crippen molar-refractivity contribution in [3.05, 3.63) is 0 Å². The van der Waals surface area contributed by atoms with E-state index in [-0.39, 0.29) is 12.3 Å². The van der Waals surface area contributed by atoms with Gasteiger partial charge in [-0.3, -0.25) is 9.59 Å². The minimum absolute atomic E-state index is 0.0750. The number of carboxylic acids is 1. The van der Waals surface area contributed by atoms with Gasteiger partial charge in [-0.1, -0.05) is 32.6 Å². The van der Waals surface area contributed by atoms with Crippen molar-refractivity contribution in [3.63, 3.8) is 0 Å². The molecule has 0 rings (SSSR count). The summed E-state index contributed by atoms with van der Waals surface area (Å²) >= 11 is 0. The fourth-order valence-corrected chi connectivity index (χ4v) is 1.65. The third-order valence-corrected chi connectivity index (χ3v) is 2.82. The first-order chi connectivity index (χ1) is 8.57. The fraction of sp³-hybridized carbons (Fsp3) is 0.846. The number of rotatable bonds is 11. The van der Waals surface area contributed by atoms with E-state index in [1.54, 1.807) is 0 Å². The summed E-state index contributed by atoms with van der Waals surface area (Å²) in [5, 5.41) is 11.3. The summed E-state index contributed by atoms with van der Waals surface area (Å²) in [7, 11) is 0. The number of unbranched alkanes of at least 4 members (excludes halogenated alkanes) is 4. The van der Waals surface area contributed by atoms with E-state index in [1.807, 2.05) is 0 Å². The van der Waals surface area contributed by atoms with E-state index in [0.717, 1.165) is 38.5 Å². The van der Waals surface area contributed by atoms with Crippen LogP contribution in [0, 0.1) is 0 Å². The second-order valence-electron chi connectivity index (χ2n) is 4.60. The number of nitrogens with one attached hydrogen (secondary N) is 1. The van der Waals surface area contributed by atoms with Crippen LogP contribution in [0.1, 0.15) is 58.3 Å². The van der Waals surface area contributed by atoms with E-state index < -0.39 is 12.0 Å². The Hall–Kier alpha value is -1.10. The Morgan fingerprint density at radius 1 is 1.17 bits per heavy atom. The van der Waals surface area contributed by atoms with Crippen molar-refractivity contribution in [1.82, 2.24) is 5.32 Å². The third kappa shape index (κ3) is 10.1. The Morgan fingerprint density at radius 3 is 2.44 bits per heavy atom. The Kier molecular flexibility index (Phi) is 10.3. The van der Waals surface area contributed by atoms with Gasteiger partial charge in [-0.25, -0.2) is 0 Å². The molecule has 0 heterocycles. The second-order valence-corrected chi connectivity index (χ2v) is 4.60. The molecule has 0 saturated carbocycles. The highest BCUT2D eigenvalue weighted by molar-refractivity contribution is 5.81. The smallest absolute Gasteiger partial charge is 0.303 e. The molecule has 0 spiro atoms. The molecule has 0 aromatic heterocycles. The van der Waals surface area contributed by atoms with Gasteiger partial charge in [-0.2, -0.15) is 0 Å². The van der Waals surface area contributed by atoms with Gasteiger partial charge < -0.3 is 16.2 Å². The average molecular weight is 258 g/mol. The Balaban J connectivity index is 3.37. The molecule has 106 valence electrons. The summed E-state index contributed by atoms with van der Waals surface area (Å²) < 4.78 is 0. The lowest BCUT2D eigenvalue weighted by atomic mass is 10.1. The number of carboxylic acid groups (broad SMARTS) is 1. The predicted octanol–water partition coefficient (Wildman–Crippen LogP) is 1.66. The largest absolute Gasteiger partial charge is 0.481 e. The van der Waals surface area contributed by atoms with Crippen LogP contribution in [0.25, 0.3) is 0 Å². The fourth-order valence-electron chi connectivity index (χ4n) is 1.65. The molecular weight excluding hydrogens is 232 g/mol. The molecule has 0 bridgehead atoms. The first kappa shape index (κ1) is 16.9. The molecule has 1 atom stereocenters. The van der Waals surface area contributed by atoms with E-state index in [4.69, 9.17) is 10.8 Å². The first-order valence-corrected chi connectivity index (χ1v) is 6.83. The highest BCUT2D eigenvalue weighted by Crippen LogP contribution is 2.02. The van der Waals surface area contributed by atoms with Crippen molar-refractivity contribution < 1.29 is 14.7 Å². The number of hydrogen-bond donors (Lipinski definition) is 3. The molecule has 0 aliphatic carbocycles. The molecule has 0 saturated heterocycles. The average Bonchev–Trinajstić information content (AvgIpc) is 2.34. The second kappa shape index (κ2) is 11.0. The highest BCUT2D eigenvalue weighted by Gasteiger charge is 2.11.